The molecule has 0 aliphatic carbocycles. The summed E-state index contributed by atoms with van der Waals surface area (Å²) in [5.74, 6) is 1.41. The van der Waals surface area contributed by atoms with Crippen LogP contribution >= 0.6 is 0 Å². The van der Waals surface area contributed by atoms with Crippen LogP contribution in [0.3, 0.4) is 0 Å². The Hall–Kier alpha value is -3.15. The van der Waals surface area contributed by atoms with E-state index in [1.165, 1.54) is 12.1 Å². The molecule has 29 heavy (non-hydrogen) atoms. The van der Waals surface area contributed by atoms with Crippen molar-refractivity contribution in [3.05, 3.63) is 71.2 Å². The summed E-state index contributed by atoms with van der Waals surface area (Å²) in [6.45, 7) is 5.72. The Labute approximate surface area is 169 Å². The van der Waals surface area contributed by atoms with Gasteiger partial charge in [0.1, 0.15) is 17.3 Å². The van der Waals surface area contributed by atoms with Crippen molar-refractivity contribution in [3.8, 4) is 17.1 Å². The van der Waals surface area contributed by atoms with E-state index in [0.29, 0.717) is 49.1 Å². The number of ether oxygens (including phenoxy) is 1. The lowest BCUT2D eigenvalue weighted by Gasteiger charge is -2.26. The van der Waals surface area contributed by atoms with E-state index < -0.39 is 0 Å². The van der Waals surface area contributed by atoms with E-state index in [1.807, 2.05) is 12.1 Å². The predicted molar refractivity (Wildman–Crippen MR) is 107 cm³/mol. The van der Waals surface area contributed by atoms with Gasteiger partial charge in [-0.2, -0.15) is 0 Å². The van der Waals surface area contributed by atoms with Crippen LogP contribution in [0.15, 0.2) is 53.1 Å². The summed E-state index contributed by atoms with van der Waals surface area (Å²) in [5.41, 5.74) is 3.11. The summed E-state index contributed by atoms with van der Waals surface area (Å²) in [6, 6.07) is 13.4. The summed E-state index contributed by atoms with van der Waals surface area (Å²) < 4.78 is 24.4. The Morgan fingerprint density at radius 2 is 2.03 bits per heavy atom. The molecule has 0 saturated heterocycles. The molecule has 3 aromatic rings. The zero-order valence-corrected chi connectivity index (χ0v) is 16.5. The van der Waals surface area contributed by atoms with Gasteiger partial charge >= 0.3 is 0 Å². The molecule has 1 amide bonds. The highest BCUT2D eigenvalue weighted by Gasteiger charge is 2.28. The van der Waals surface area contributed by atoms with Crippen molar-refractivity contribution in [1.82, 2.24) is 10.1 Å². The standard InChI is InChI=1S/C23H23FN2O3/c1-15(2)14-28-19-5-3-4-17(12-19)23(27)26-11-10-20-21(13-26)25-29-22(20)16-6-8-18(24)9-7-16/h3-9,12,15H,10-11,13-14H2,1-2H3. The molecule has 0 atom stereocenters. The number of nitrogens with zero attached hydrogens (tertiary/aromatic N) is 2. The summed E-state index contributed by atoms with van der Waals surface area (Å²) in [7, 11) is 0. The monoisotopic (exact) mass is 394 g/mol. The van der Waals surface area contributed by atoms with Gasteiger partial charge in [-0.05, 0) is 54.8 Å². The van der Waals surface area contributed by atoms with Gasteiger partial charge in [-0.3, -0.25) is 4.79 Å². The second-order valence-corrected chi connectivity index (χ2v) is 7.65. The smallest absolute Gasteiger partial charge is 0.254 e. The molecular weight excluding hydrogens is 371 g/mol. The number of carbonyl (C=O) groups is 1. The van der Waals surface area contributed by atoms with Gasteiger partial charge in [0.25, 0.3) is 5.91 Å². The van der Waals surface area contributed by atoms with Crippen molar-refractivity contribution in [2.75, 3.05) is 13.2 Å². The average molecular weight is 394 g/mol. The van der Waals surface area contributed by atoms with Crippen LogP contribution < -0.4 is 4.74 Å². The average Bonchev–Trinajstić information content (AvgIpc) is 3.16. The summed E-state index contributed by atoms with van der Waals surface area (Å²) in [4.78, 5) is 14.7. The van der Waals surface area contributed by atoms with E-state index in [4.69, 9.17) is 9.26 Å². The van der Waals surface area contributed by atoms with Gasteiger partial charge in [0.15, 0.2) is 5.76 Å². The Morgan fingerprint density at radius 1 is 1.24 bits per heavy atom. The van der Waals surface area contributed by atoms with E-state index >= 15 is 0 Å². The number of benzene rings is 2. The van der Waals surface area contributed by atoms with Crippen LogP contribution in [0.5, 0.6) is 5.75 Å². The molecule has 1 aromatic heterocycles. The molecule has 2 heterocycles. The Morgan fingerprint density at radius 3 is 2.79 bits per heavy atom. The summed E-state index contributed by atoms with van der Waals surface area (Å²) in [6.07, 6.45) is 0.640. The highest BCUT2D eigenvalue weighted by Crippen LogP contribution is 2.31. The van der Waals surface area contributed by atoms with Crippen LogP contribution in [0.2, 0.25) is 0 Å². The maximum atomic E-state index is 13.2. The summed E-state index contributed by atoms with van der Waals surface area (Å²) >= 11 is 0. The van der Waals surface area contributed by atoms with E-state index in [-0.39, 0.29) is 11.7 Å². The molecule has 5 nitrogen and oxygen atoms in total. The van der Waals surface area contributed by atoms with Crippen LogP contribution in [0.1, 0.15) is 35.5 Å². The lowest BCUT2D eigenvalue weighted by Crippen LogP contribution is -2.36. The second-order valence-electron chi connectivity index (χ2n) is 7.65. The Balaban J connectivity index is 1.50. The first kappa shape index (κ1) is 19.2. The topological polar surface area (TPSA) is 55.6 Å². The van der Waals surface area contributed by atoms with Crippen LogP contribution in [0.25, 0.3) is 11.3 Å². The maximum Gasteiger partial charge on any atom is 0.254 e. The molecule has 150 valence electrons. The van der Waals surface area contributed by atoms with Crippen molar-refractivity contribution in [3.63, 3.8) is 0 Å². The third-order valence-corrected chi connectivity index (χ3v) is 4.90. The number of hydrogen-bond donors (Lipinski definition) is 0. The second kappa shape index (κ2) is 8.07. The number of amides is 1. The minimum atomic E-state index is -0.293. The predicted octanol–water partition coefficient (Wildman–Crippen LogP) is 4.71. The fourth-order valence-electron chi connectivity index (χ4n) is 3.40. The van der Waals surface area contributed by atoms with Crippen molar-refractivity contribution >= 4 is 5.91 Å². The quantitative estimate of drug-likeness (QED) is 0.629. The highest BCUT2D eigenvalue weighted by atomic mass is 19.1. The summed E-state index contributed by atoms with van der Waals surface area (Å²) in [5, 5.41) is 4.16. The SMILES string of the molecule is CC(C)COc1cccc(C(=O)N2CCc3c(noc3-c3ccc(F)cc3)C2)c1. The van der Waals surface area contributed by atoms with Crippen molar-refractivity contribution < 1.29 is 18.4 Å². The highest BCUT2D eigenvalue weighted by molar-refractivity contribution is 5.94. The van der Waals surface area contributed by atoms with E-state index in [1.54, 1.807) is 29.2 Å². The zero-order valence-electron chi connectivity index (χ0n) is 16.5. The molecule has 0 radical (unpaired) electrons. The lowest BCUT2D eigenvalue weighted by molar-refractivity contribution is 0.0731. The molecule has 0 saturated carbocycles. The Kier molecular flexibility index (Phi) is 5.34. The normalized spacial score (nSPS) is 13.4. The first-order valence-corrected chi connectivity index (χ1v) is 9.77. The molecular formula is C23H23FN2O3. The number of rotatable bonds is 5. The van der Waals surface area contributed by atoms with Crippen molar-refractivity contribution in [1.29, 1.82) is 0 Å². The lowest BCUT2D eigenvalue weighted by atomic mass is 10.00. The van der Waals surface area contributed by atoms with Crippen LogP contribution in [-0.2, 0) is 13.0 Å². The third kappa shape index (κ3) is 4.16. The molecule has 2 aromatic carbocycles. The molecule has 6 heteroatoms. The molecule has 0 bridgehead atoms. The minimum absolute atomic E-state index is 0.0584. The van der Waals surface area contributed by atoms with Gasteiger partial charge in [0.05, 0.1) is 13.2 Å². The molecule has 1 aliphatic rings. The van der Waals surface area contributed by atoms with Gasteiger partial charge in [0.2, 0.25) is 0 Å². The molecule has 0 spiro atoms. The number of halogens is 1. The number of carbonyl (C=O) groups excluding carboxylic acids is 1. The molecule has 0 fully saturated rings. The van der Waals surface area contributed by atoms with Gasteiger partial charge in [-0.25, -0.2) is 4.39 Å². The van der Waals surface area contributed by atoms with E-state index in [0.717, 1.165) is 16.8 Å². The van der Waals surface area contributed by atoms with Crippen molar-refractivity contribution in [2.45, 2.75) is 26.8 Å². The Bertz CT molecular complexity index is 1010. The molecule has 4 rings (SSSR count). The van der Waals surface area contributed by atoms with Crippen molar-refractivity contribution in [2.24, 2.45) is 5.92 Å². The van der Waals surface area contributed by atoms with Gasteiger partial charge in [0, 0.05) is 23.2 Å². The van der Waals surface area contributed by atoms with Gasteiger partial charge in [-0.1, -0.05) is 25.1 Å². The number of aromatic nitrogens is 1. The first-order valence-electron chi connectivity index (χ1n) is 9.77. The van der Waals surface area contributed by atoms with E-state index in [9.17, 15) is 9.18 Å². The fourth-order valence-corrected chi connectivity index (χ4v) is 3.40. The first-order chi connectivity index (χ1) is 14.0. The number of fused-ring (bicyclic) bond motifs is 1. The largest absolute Gasteiger partial charge is 0.493 e. The van der Waals surface area contributed by atoms with Crippen LogP contribution in [-0.4, -0.2) is 29.1 Å². The third-order valence-electron chi connectivity index (χ3n) is 4.90. The molecule has 1 aliphatic heterocycles. The van der Waals surface area contributed by atoms with Crippen LogP contribution in [0, 0.1) is 11.7 Å². The maximum absolute atomic E-state index is 13.2. The zero-order chi connectivity index (χ0) is 20.4. The van der Waals surface area contributed by atoms with Crippen LogP contribution in [0.4, 0.5) is 4.39 Å². The number of hydrogen-bond acceptors (Lipinski definition) is 4. The van der Waals surface area contributed by atoms with Gasteiger partial charge < -0.3 is 14.2 Å². The fraction of sp³-hybridized carbons (Fsp3) is 0.304. The minimum Gasteiger partial charge on any atom is -0.493 e. The van der Waals surface area contributed by atoms with E-state index in [2.05, 4.69) is 19.0 Å². The molecule has 0 unspecified atom stereocenters. The van der Waals surface area contributed by atoms with Gasteiger partial charge in [-0.15, -0.1) is 0 Å². The molecule has 0 N–H and O–H groups in total.